The van der Waals surface area contributed by atoms with Gasteiger partial charge in [0.15, 0.2) is 0 Å². The van der Waals surface area contributed by atoms with Crippen LogP contribution in [0, 0.1) is 0 Å². The number of anilines is 1. The lowest BCUT2D eigenvalue weighted by Crippen LogP contribution is -2.35. The molecule has 216 valence electrons. The lowest BCUT2D eigenvalue weighted by Gasteiger charge is -2.37. The van der Waals surface area contributed by atoms with Crippen LogP contribution in [0.15, 0.2) is 176 Å². The maximum Gasteiger partial charge on any atom is 0.142 e. The van der Waals surface area contributed by atoms with Gasteiger partial charge in [0.2, 0.25) is 0 Å². The second kappa shape index (κ2) is 14.5. The summed E-state index contributed by atoms with van der Waals surface area (Å²) in [4.78, 5) is 2.53. The summed E-state index contributed by atoms with van der Waals surface area (Å²) >= 11 is 0. The minimum Gasteiger partial charge on any atom is -0.495 e. The van der Waals surface area contributed by atoms with Gasteiger partial charge in [-0.25, -0.2) is 0 Å². The summed E-state index contributed by atoms with van der Waals surface area (Å²) < 4.78 is 6.22. The third kappa shape index (κ3) is 6.67. The van der Waals surface area contributed by atoms with E-state index in [4.69, 9.17) is 4.74 Å². The van der Waals surface area contributed by atoms with Gasteiger partial charge >= 0.3 is 0 Å². The van der Waals surface area contributed by atoms with Gasteiger partial charge in [0, 0.05) is 11.8 Å². The molecule has 6 aromatic carbocycles. The maximum atomic E-state index is 6.22. The highest BCUT2D eigenvalue weighted by Crippen LogP contribution is 2.44. The zero-order chi connectivity index (χ0) is 30.0. The molecule has 3 heteroatoms. The molecule has 0 saturated carbocycles. The van der Waals surface area contributed by atoms with E-state index in [9.17, 15) is 0 Å². The smallest absolute Gasteiger partial charge is 0.142 e. The third-order valence-electron chi connectivity index (χ3n) is 7.71. The van der Waals surface area contributed by atoms with Crippen molar-refractivity contribution in [3.05, 3.63) is 193 Å². The molecule has 0 amide bonds. The number of hydrogen-bond donors (Lipinski definition) is 0. The van der Waals surface area contributed by atoms with Crippen LogP contribution in [-0.4, -0.2) is 13.7 Å². The van der Waals surface area contributed by atoms with E-state index in [2.05, 4.69) is 187 Å². The Hall–Kier alpha value is -4.91. The number of rotatable bonds is 11. The first-order chi connectivity index (χ1) is 21.8. The highest BCUT2D eigenvalue weighted by Gasteiger charge is 2.30. The van der Waals surface area contributed by atoms with Crippen molar-refractivity contribution in [2.75, 3.05) is 18.6 Å². The zero-order valence-corrected chi connectivity index (χ0v) is 25.8. The normalized spacial score (nSPS) is 11.2. The number of methoxy groups -OCH3 is 1. The minimum absolute atomic E-state index is 0.0451. The van der Waals surface area contributed by atoms with Crippen molar-refractivity contribution in [1.29, 1.82) is 0 Å². The molecule has 0 atom stereocenters. The van der Waals surface area contributed by atoms with Gasteiger partial charge in [0.05, 0.1) is 18.8 Å². The molecule has 0 unspecified atom stereocenters. The fourth-order valence-corrected chi connectivity index (χ4v) is 8.22. The molecule has 0 heterocycles. The van der Waals surface area contributed by atoms with E-state index >= 15 is 0 Å². The number of para-hydroxylation sites is 1. The van der Waals surface area contributed by atoms with E-state index in [0.29, 0.717) is 6.54 Å². The quantitative estimate of drug-likeness (QED) is 0.140. The maximum absolute atomic E-state index is 6.22. The molecule has 6 aromatic rings. The van der Waals surface area contributed by atoms with Crippen LogP contribution in [0.1, 0.15) is 22.7 Å². The molecule has 0 saturated heterocycles. The van der Waals surface area contributed by atoms with Crippen molar-refractivity contribution >= 4 is 35.6 Å². The first-order valence-corrected chi connectivity index (χ1v) is 16.3. The average molecular weight is 590 g/mol. The average Bonchev–Trinajstić information content (AvgIpc) is 3.10. The van der Waals surface area contributed by atoms with E-state index in [1.807, 2.05) is 0 Å². The Balaban J connectivity index is 1.60. The number of nitrogens with zero attached hydrogens (tertiary/aromatic N) is 1. The second-order valence-corrected chi connectivity index (χ2v) is 12.7. The lowest BCUT2D eigenvalue weighted by molar-refractivity contribution is 0.414. The van der Waals surface area contributed by atoms with Crippen LogP contribution in [0.4, 0.5) is 5.69 Å². The summed E-state index contributed by atoms with van der Waals surface area (Å²) in [5.74, 6) is 0.867. The highest BCUT2D eigenvalue weighted by atomic mass is 31.1. The summed E-state index contributed by atoms with van der Waals surface area (Å²) in [6, 6.07) is 60.4. The molecular formula is C41H36NOP. The molecule has 0 aliphatic carbocycles. The first kappa shape index (κ1) is 29.2. The van der Waals surface area contributed by atoms with Crippen LogP contribution in [0.5, 0.6) is 5.75 Å². The molecule has 0 aliphatic heterocycles. The Labute approximate surface area is 262 Å². The second-order valence-electron chi connectivity index (χ2n) is 10.5. The van der Waals surface area contributed by atoms with E-state index < -0.39 is 7.92 Å². The third-order valence-corrected chi connectivity index (χ3v) is 10.2. The molecule has 6 rings (SSSR count). The predicted octanol–water partition coefficient (Wildman–Crippen LogP) is 8.76. The topological polar surface area (TPSA) is 12.5 Å². The van der Waals surface area contributed by atoms with Gasteiger partial charge in [-0.15, -0.1) is 0 Å². The Morgan fingerprint density at radius 1 is 0.568 bits per heavy atom. The summed E-state index contributed by atoms with van der Waals surface area (Å²) in [7, 11) is 0.897. The number of hydrogen-bond acceptors (Lipinski definition) is 2. The molecular weight excluding hydrogens is 553 g/mol. The first-order valence-electron chi connectivity index (χ1n) is 15.0. The molecule has 0 N–H and O–H groups in total. The van der Waals surface area contributed by atoms with E-state index in [0.717, 1.165) is 11.4 Å². The molecule has 2 nitrogen and oxygen atoms in total. The molecule has 0 aliphatic rings. The Morgan fingerprint density at radius 3 is 1.55 bits per heavy atom. The van der Waals surface area contributed by atoms with Gasteiger partial charge in [0.1, 0.15) is 5.75 Å². The van der Waals surface area contributed by atoms with Crippen molar-refractivity contribution in [2.45, 2.75) is 6.04 Å². The summed E-state index contributed by atoms with van der Waals surface area (Å²) in [6.07, 6.45) is 4.49. The van der Waals surface area contributed by atoms with Gasteiger partial charge < -0.3 is 9.64 Å². The predicted molar refractivity (Wildman–Crippen MR) is 189 cm³/mol. The van der Waals surface area contributed by atoms with Crippen molar-refractivity contribution in [2.24, 2.45) is 0 Å². The fourth-order valence-electron chi connectivity index (χ4n) is 5.74. The lowest BCUT2D eigenvalue weighted by atomic mass is 9.96. The van der Waals surface area contributed by atoms with Crippen LogP contribution in [-0.2, 0) is 0 Å². The minimum atomic E-state index is -0.888. The SMILES string of the molecule is COc1cccc(P(c2ccccc2)c2ccccc2)c1N(C/C=C/c1ccccc1)C(c1ccccc1)c1ccccc1. The standard InChI is InChI=1S/C41H36NOP/c1-43-38-30-17-31-39(44(36-26-13-5-14-27-36)37-28-15-6-16-29-37)41(38)42(32-18-21-33-19-7-2-8-20-33)40(34-22-9-3-10-23-34)35-24-11-4-12-25-35/h2-31,40H,32H2,1H3/b21-18+. The Kier molecular flexibility index (Phi) is 9.62. The van der Waals surface area contributed by atoms with Crippen molar-refractivity contribution < 1.29 is 4.74 Å². The van der Waals surface area contributed by atoms with Gasteiger partial charge in [0.25, 0.3) is 0 Å². The van der Waals surface area contributed by atoms with Crippen LogP contribution in [0.3, 0.4) is 0 Å². The molecule has 0 bridgehead atoms. The van der Waals surface area contributed by atoms with E-state index in [1.54, 1.807) is 7.11 Å². The summed E-state index contributed by atoms with van der Waals surface area (Å²) in [5, 5.41) is 3.87. The molecule has 0 radical (unpaired) electrons. The van der Waals surface area contributed by atoms with Crippen LogP contribution >= 0.6 is 7.92 Å². The van der Waals surface area contributed by atoms with Crippen molar-refractivity contribution in [3.8, 4) is 5.75 Å². The highest BCUT2D eigenvalue weighted by molar-refractivity contribution is 7.80. The monoisotopic (exact) mass is 589 g/mol. The summed E-state index contributed by atoms with van der Waals surface area (Å²) in [6.45, 7) is 0.684. The van der Waals surface area contributed by atoms with Gasteiger partial charge in [-0.1, -0.05) is 176 Å². The molecule has 0 spiro atoms. The largest absolute Gasteiger partial charge is 0.495 e. The van der Waals surface area contributed by atoms with Gasteiger partial charge in [-0.2, -0.15) is 0 Å². The molecule has 0 fully saturated rings. The van der Waals surface area contributed by atoms with Crippen LogP contribution in [0.2, 0.25) is 0 Å². The number of benzene rings is 6. The zero-order valence-electron chi connectivity index (χ0n) is 24.9. The van der Waals surface area contributed by atoms with Crippen molar-refractivity contribution in [1.82, 2.24) is 0 Å². The van der Waals surface area contributed by atoms with Crippen molar-refractivity contribution in [3.63, 3.8) is 0 Å². The Morgan fingerprint density at radius 2 is 1.05 bits per heavy atom. The van der Waals surface area contributed by atoms with Gasteiger partial charge in [-0.05, 0) is 41.3 Å². The van der Waals surface area contributed by atoms with Crippen LogP contribution < -0.4 is 25.6 Å². The van der Waals surface area contributed by atoms with Crippen LogP contribution in [0.25, 0.3) is 6.08 Å². The molecule has 44 heavy (non-hydrogen) atoms. The van der Waals surface area contributed by atoms with Gasteiger partial charge in [-0.3, -0.25) is 0 Å². The molecule has 0 aromatic heterocycles. The van der Waals surface area contributed by atoms with E-state index in [1.165, 1.54) is 32.6 Å². The van der Waals surface area contributed by atoms with E-state index in [-0.39, 0.29) is 6.04 Å². The Bertz CT molecular complexity index is 1680. The summed E-state index contributed by atoms with van der Waals surface area (Å²) in [5.41, 5.74) is 4.75. The number of ether oxygens (including phenoxy) is 1. The fraction of sp³-hybridized carbons (Fsp3) is 0.0732.